The summed E-state index contributed by atoms with van der Waals surface area (Å²) >= 11 is 0. The number of ether oxygens (including phenoxy) is 1. The van der Waals surface area contributed by atoms with Gasteiger partial charge in [-0.25, -0.2) is 0 Å². The molecular weight excluding hydrogens is 520 g/mol. The number of hydrogen-bond donors (Lipinski definition) is 3. The predicted octanol–water partition coefficient (Wildman–Crippen LogP) is 3.59. The molecule has 3 heterocycles. The number of carbonyl (C=O) groups is 2. The Morgan fingerprint density at radius 3 is 2.32 bits per heavy atom. The topological polar surface area (TPSA) is 111 Å². The summed E-state index contributed by atoms with van der Waals surface area (Å²) in [7, 11) is 0. The highest BCUT2D eigenvalue weighted by Gasteiger charge is 2.67. The van der Waals surface area contributed by atoms with Crippen LogP contribution >= 0.6 is 0 Å². The molecule has 0 unspecified atom stereocenters. The van der Waals surface area contributed by atoms with Gasteiger partial charge in [0.1, 0.15) is 5.75 Å². The summed E-state index contributed by atoms with van der Waals surface area (Å²) in [4.78, 5) is 31.7. The molecule has 1 aliphatic carbocycles. The fourth-order valence-electron chi connectivity index (χ4n) is 8.03. The highest BCUT2D eigenvalue weighted by Crippen LogP contribution is 2.59. The molecule has 3 aromatic rings. The first kappa shape index (κ1) is 26.6. The number of aromatic hydroxyl groups is 1. The van der Waals surface area contributed by atoms with E-state index in [0.717, 1.165) is 43.4 Å². The third-order valence-electron chi connectivity index (χ3n) is 10.1. The van der Waals surface area contributed by atoms with Crippen LogP contribution in [0.15, 0.2) is 66.7 Å². The first-order valence-corrected chi connectivity index (χ1v) is 14.7. The molecule has 3 N–H and O–H groups in total. The van der Waals surface area contributed by atoms with Crippen molar-refractivity contribution >= 4 is 22.6 Å². The second-order valence-corrected chi connectivity index (χ2v) is 12.2. The SMILES string of the molecule is O=C1[C@H]2[C@H](C[C@H](CO)[C@@]3(O)O[C@H](c4ccc(O)c5ccccc45)C[C@@H]23)C(=O)N1C1CCN(Cc2ccccc2)CC1. The number of imide groups is 1. The van der Waals surface area contributed by atoms with E-state index < -0.39 is 35.6 Å². The Labute approximate surface area is 239 Å². The molecule has 2 amide bonds. The van der Waals surface area contributed by atoms with Crippen LogP contribution in [0.5, 0.6) is 5.75 Å². The van der Waals surface area contributed by atoms with Gasteiger partial charge in [0.2, 0.25) is 11.8 Å². The molecule has 1 saturated carbocycles. The number of aliphatic hydroxyl groups is 2. The number of benzene rings is 3. The van der Waals surface area contributed by atoms with E-state index in [1.54, 1.807) is 12.1 Å². The first-order chi connectivity index (χ1) is 19.9. The summed E-state index contributed by atoms with van der Waals surface area (Å²) in [6, 6.07) is 21.0. The van der Waals surface area contributed by atoms with Gasteiger partial charge >= 0.3 is 0 Å². The lowest BCUT2D eigenvalue weighted by Crippen LogP contribution is -2.54. The summed E-state index contributed by atoms with van der Waals surface area (Å²) in [5.41, 5.74) is 2.06. The van der Waals surface area contributed by atoms with Gasteiger partial charge in [-0.05, 0) is 48.3 Å². The number of rotatable bonds is 5. The molecule has 4 aliphatic rings. The van der Waals surface area contributed by atoms with E-state index in [1.165, 1.54) is 10.5 Å². The zero-order chi connectivity index (χ0) is 28.3. The summed E-state index contributed by atoms with van der Waals surface area (Å²) in [5, 5.41) is 34.1. The van der Waals surface area contributed by atoms with E-state index in [2.05, 4.69) is 17.0 Å². The van der Waals surface area contributed by atoms with E-state index in [9.17, 15) is 24.9 Å². The highest BCUT2D eigenvalue weighted by atomic mass is 16.6. The van der Waals surface area contributed by atoms with Crippen LogP contribution in [-0.4, -0.2) is 68.5 Å². The number of phenolic OH excluding ortho intramolecular Hbond substituents is 1. The zero-order valence-electron chi connectivity index (χ0n) is 22.9. The second kappa shape index (κ2) is 10.2. The van der Waals surface area contributed by atoms with Crippen molar-refractivity contribution in [1.82, 2.24) is 9.80 Å². The number of likely N-dealkylation sites (tertiary alicyclic amines) is 2. The number of piperidine rings is 1. The minimum absolute atomic E-state index is 0.160. The van der Waals surface area contributed by atoms with Gasteiger partial charge in [0.05, 0.1) is 24.5 Å². The summed E-state index contributed by atoms with van der Waals surface area (Å²) in [6.45, 7) is 2.12. The maximum absolute atomic E-state index is 14.0. The van der Waals surface area contributed by atoms with E-state index in [0.29, 0.717) is 11.8 Å². The van der Waals surface area contributed by atoms with Crippen LogP contribution in [-0.2, 0) is 20.9 Å². The quantitative estimate of drug-likeness (QED) is 0.412. The van der Waals surface area contributed by atoms with Crippen LogP contribution in [0.2, 0.25) is 0 Å². The fourth-order valence-corrected chi connectivity index (χ4v) is 8.03. The maximum atomic E-state index is 14.0. The normalized spacial score (nSPS) is 32.4. The number of amides is 2. The van der Waals surface area contributed by atoms with Gasteiger partial charge in [-0.1, -0.05) is 60.7 Å². The predicted molar refractivity (Wildman–Crippen MR) is 151 cm³/mol. The molecule has 3 saturated heterocycles. The molecule has 0 aromatic heterocycles. The summed E-state index contributed by atoms with van der Waals surface area (Å²) < 4.78 is 6.36. The first-order valence-electron chi connectivity index (χ1n) is 14.7. The lowest BCUT2D eigenvalue weighted by atomic mass is 9.64. The average Bonchev–Trinajstić information content (AvgIpc) is 3.47. The van der Waals surface area contributed by atoms with Crippen LogP contribution in [0, 0.1) is 23.7 Å². The van der Waals surface area contributed by atoms with Gasteiger partial charge in [-0.3, -0.25) is 19.4 Å². The van der Waals surface area contributed by atoms with Crippen molar-refractivity contribution in [2.45, 2.75) is 50.2 Å². The molecule has 0 bridgehead atoms. The molecule has 3 aromatic carbocycles. The Kier molecular flexibility index (Phi) is 6.62. The van der Waals surface area contributed by atoms with Crippen molar-refractivity contribution in [3.05, 3.63) is 77.9 Å². The van der Waals surface area contributed by atoms with Gasteiger partial charge in [-0.2, -0.15) is 0 Å². The monoisotopic (exact) mass is 556 g/mol. The van der Waals surface area contributed by atoms with Gasteiger partial charge in [0.15, 0.2) is 5.79 Å². The summed E-state index contributed by atoms with van der Waals surface area (Å²) in [5.74, 6) is -4.46. The van der Waals surface area contributed by atoms with Crippen LogP contribution in [0.3, 0.4) is 0 Å². The third-order valence-corrected chi connectivity index (χ3v) is 10.1. The molecule has 0 radical (unpaired) electrons. The van der Waals surface area contributed by atoms with Crippen molar-refractivity contribution in [3.8, 4) is 5.75 Å². The standard InChI is InChI=1S/C33H36N2O6/c36-19-21-16-26-30(27-17-29(41-33(21,27)40)25-10-11-28(37)24-9-5-4-8-23(24)25)32(39)35(31(26)38)22-12-14-34(15-13-22)18-20-6-2-1-3-7-20/h1-11,21-22,26-27,29-30,36-37,40H,12-19H2/t21-,26+,27+,29+,30+,33-/m1/s1. The van der Waals surface area contributed by atoms with E-state index in [1.807, 2.05) is 42.5 Å². The van der Waals surface area contributed by atoms with Gasteiger partial charge in [0, 0.05) is 42.9 Å². The molecule has 8 nitrogen and oxygen atoms in total. The van der Waals surface area contributed by atoms with Crippen LogP contribution in [0.1, 0.15) is 42.9 Å². The Morgan fingerprint density at radius 1 is 0.878 bits per heavy atom. The zero-order valence-corrected chi connectivity index (χ0v) is 22.9. The van der Waals surface area contributed by atoms with Crippen LogP contribution in [0.25, 0.3) is 10.8 Å². The number of phenols is 1. The Balaban J connectivity index is 1.13. The van der Waals surface area contributed by atoms with Crippen molar-refractivity contribution < 1.29 is 29.6 Å². The highest BCUT2D eigenvalue weighted by molar-refractivity contribution is 6.06. The molecule has 0 spiro atoms. The van der Waals surface area contributed by atoms with Gasteiger partial charge < -0.3 is 20.1 Å². The molecule has 3 aliphatic heterocycles. The molecule has 41 heavy (non-hydrogen) atoms. The minimum Gasteiger partial charge on any atom is -0.507 e. The molecular formula is C33H36N2O6. The molecule has 214 valence electrons. The van der Waals surface area contributed by atoms with E-state index in [-0.39, 0.29) is 36.6 Å². The second-order valence-electron chi connectivity index (χ2n) is 12.2. The summed E-state index contributed by atoms with van der Waals surface area (Å²) in [6.07, 6.45) is 1.47. The Bertz CT molecular complexity index is 1470. The smallest absolute Gasteiger partial charge is 0.233 e. The van der Waals surface area contributed by atoms with Crippen molar-refractivity contribution in [2.75, 3.05) is 19.7 Å². The molecule has 7 rings (SSSR count). The molecule has 6 atom stereocenters. The number of fused-ring (bicyclic) bond motifs is 4. The number of hydrogen-bond acceptors (Lipinski definition) is 7. The minimum atomic E-state index is -1.72. The van der Waals surface area contributed by atoms with Crippen LogP contribution in [0.4, 0.5) is 0 Å². The molecule has 8 heteroatoms. The van der Waals surface area contributed by atoms with Crippen LogP contribution < -0.4 is 0 Å². The van der Waals surface area contributed by atoms with E-state index >= 15 is 0 Å². The number of aliphatic hydroxyl groups excluding tert-OH is 1. The van der Waals surface area contributed by atoms with Crippen molar-refractivity contribution in [3.63, 3.8) is 0 Å². The van der Waals surface area contributed by atoms with Crippen molar-refractivity contribution in [1.29, 1.82) is 0 Å². The number of carbonyl (C=O) groups excluding carboxylic acids is 2. The Morgan fingerprint density at radius 2 is 1.59 bits per heavy atom. The van der Waals surface area contributed by atoms with E-state index in [4.69, 9.17) is 4.74 Å². The lowest BCUT2D eigenvalue weighted by molar-refractivity contribution is -0.273. The Hall–Kier alpha value is -3.30. The van der Waals surface area contributed by atoms with Crippen molar-refractivity contribution in [2.24, 2.45) is 23.7 Å². The molecule has 4 fully saturated rings. The average molecular weight is 557 g/mol. The van der Waals surface area contributed by atoms with Gasteiger partial charge in [-0.15, -0.1) is 0 Å². The third kappa shape index (κ3) is 4.27. The maximum Gasteiger partial charge on any atom is 0.233 e. The lowest BCUT2D eigenvalue weighted by Gasteiger charge is -2.44. The fraction of sp³-hybridized carbons (Fsp3) is 0.455. The number of nitrogens with zero attached hydrogens (tertiary/aromatic N) is 2. The largest absolute Gasteiger partial charge is 0.507 e. The van der Waals surface area contributed by atoms with Gasteiger partial charge in [0.25, 0.3) is 0 Å².